The van der Waals surface area contributed by atoms with E-state index in [1.807, 2.05) is 0 Å². The van der Waals surface area contributed by atoms with Gasteiger partial charge in [-0.15, -0.1) is 0 Å². The molecule has 112 valence electrons. The molecule has 0 heterocycles. The Morgan fingerprint density at radius 3 is 1.95 bits per heavy atom. The minimum atomic E-state index is -4.08. The molecule has 1 nitrogen and oxygen atoms in total. The molecular formula is C15H25F3O. The lowest BCUT2D eigenvalue weighted by atomic mass is 9.74. The summed E-state index contributed by atoms with van der Waals surface area (Å²) in [5, 5.41) is 10.4. The highest BCUT2D eigenvalue weighted by Gasteiger charge is 2.44. The van der Waals surface area contributed by atoms with E-state index >= 15 is 0 Å². The highest BCUT2D eigenvalue weighted by molar-refractivity contribution is 4.85. The normalized spacial score (nSPS) is 32.8. The lowest BCUT2D eigenvalue weighted by Crippen LogP contribution is -2.36. The van der Waals surface area contributed by atoms with Crippen molar-refractivity contribution in [3.63, 3.8) is 0 Å². The fraction of sp³-hybridized carbons (Fsp3) is 1.00. The van der Waals surface area contributed by atoms with Crippen molar-refractivity contribution in [3.8, 4) is 0 Å². The van der Waals surface area contributed by atoms with Crippen LogP contribution in [0.25, 0.3) is 0 Å². The Kier molecular flexibility index (Phi) is 5.15. The first kappa shape index (κ1) is 15.1. The Morgan fingerprint density at radius 2 is 1.37 bits per heavy atom. The van der Waals surface area contributed by atoms with E-state index in [1.54, 1.807) is 0 Å². The molecule has 2 aliphatic carbocycles. The molecule has 4 heteroatoms. The topological polar surface area (TPSA) is 20.2 Å². The third-order valence-corrected chi connectivity index (χ3v) is 5.04. The van der Waals surface area contributed by atoms with Crippen LogP contribution in [0, 0.1) is 17.8 Å². The molecule has 0 aromatic carbocycles. The number of aliphatic hydroxyl groups is 1. The van der Waals surface area contributed by atoms with Crippen molar-refractivity contribution >= 4 is 0 Å². The molecular weight excluding hydrogens is 253 g/mol. The quantitative estimate of drug-likeness (QED) is 0.727. The van der Waals surface area contributed by atoms with E-state index in [4.69, 9.17) is 0 Å². The predicted molar refractivity (Wildman–Crippen MR) is 68.7 cm³/mol. The van der Waals surface area contributed by atoms with Crippen molar-refractivity contribution in [2.45, 2.75) is 76.5 Å². The average Bonchev–Trinajstić information content (AvgIpc) is 2.66. The highest BCUT2D eigenvalue weighted by atomic mass is 19.4. The second-order valence-electron chi connectivity index (χ2n) is 6.41. The Labute approximate surface area is 113 Å². The summed E-state index contributed by atoms with van der Waals surface area (Å²) >= 11 is 0. The maximum absolute atomic E-state index is 12.8. The largest absolute Gasteiger partial charge is 0.393 e. The van der Waals surface area contributed by atoms with Crippen LogP contribution in [0.1, 0.15) is 64.2 Å². The van der Waals surface area contributed by atoms with E-state index in [0.29, 0.717) is 6.42 Å². The molecule has 1 N–H and O–H groups in total. The zero-order valence-electron chi connectivity index (χ0n) is 11.5. The van der Waals surface area contributed by atoms with Gasteiger partial charge in [0.1, 0.15) is 0 Å². The summed E-state index contributed by atoms with van der Waals surface area (Å²) in [6.45, 7) is 0. The molecule has 2 saturated carbocycles. The maximum Gasteiger partial charge on any atom is 0.391 e. The van der Waals surface area contributed by atoms with Crippen LogP contribution in [0.5, 0.6) is 0 Å². The fourth-order valence-electron chi connectivity index (χ4n) is 3.87. The second-order valence-corrected chi connectivity index (χ2v) is 6.41. The van der Waals surface area contributed by atoms with Gasteiger partial charge in [0.15, 0.2) is 0 Å². The summed E-state index contributed by atoms with van der Waals surface area (Å²) in [5.74, 6) is -1.09. The zero-order chi connectivity index (χ0) is 13.9. The zero-order valence-corrected chi connectivity index (χ0v) is 11.5. The van der Waals surface area contributed by atoms with Gasteiger partial charge < -0.3 is 5.11 Å². The fourth-order valence-corrected chi connectivity index (χ4v) is 3.87. The number of rotatable bonds is 2. The van der Waals surface area contributed by atoms with Gasteiger partial charge in [-0.3, -0.25) is 0 Å². The molecule has 3 unspecified atom stereocenters. The van der Waals surface area contributed by atoms with E-state index in [2.05, 4.69) is 0 Å². The van der Waals surface area contributed by atoms with E-state index < -0.39 is 18.2 Å². The van der Waals surface area contributed by atoms with Gasteiger partial charge in [0.05, 0.1) is 12.0 Å². The van der Waals surface area contributed by atoms with Crippen LogP contribution < -0.4 is 0 Å². The van der Waals surface area contributed by atoms with Crippen molar-refractivity contribution in [2.75, 3.05) is 0 Å². The third kappa shape index (κ3) is 4.11. The Bertz CT molecular complexity index is 269. The molecule has 2 rings (SSSR count). The van der Waals surface area contributed by atoms with E-state index in [1.165, 1.54) is 12.8 Å². The van der Waals surface area contributed by atoms with Crippen molar-refractivity contribution in [1.82, 2.24) is 0 Å². The van der Waals surface area contributed by atoms with Crippen molar-refractivity contribution in [3.05, 3.63) is 0 Å². The van der Waals surface area contributed by atoms with Crippen molar-refractivity contribution in [2.24, 2.45) is 17.8 Å². The Morgan fingerprint density at radius 1 is 0.789 bits per heavy atom. The molecule has 19 heavy (non-hydrogen) atoms. The van der Waals surface area contributed by atoms with Gasteiger partial charge in [-0.25, -0.2) is 0 Å². The van der Waals surface area contributed by atoms with Gasteiger partial charge in [-0.2, -0.15) is 13.2 Å². The minimum absolute atomic E-state index is 0.136. The first-order valence-corrected chi connectivity index (χ1v) is 7.73. The molecule has 0 saturated heterocycles. The van der Waals surface area contributed by atoms with Crippen LogP contribution in [0.15, 0.2) is 0 Å². The summed E-state index contributed by atoms with van der Waals surface area (Å²) in [6.07, 6.45) is 3.82. The summed E-state index contributed by atoms with van der Waals surface area (Å²) in [5.41, 5.74) is 0. The molecule has 3 atom stereocenters. The monoisotopic (exact) mass is 278 g/mol. The van der Waals surface area contributed by atoms with Gasteiger partial charge in [0, 0.05) is 0 Å². The second kappa shape index (κ2) is 6.47. The molecule has 0 aromatic heterocycles. The number of alkyl halides is 3. The number of halogens is 3. The SMILES string of the molecule is OC(C1CCCCCC1)C1CCCC(C(F)(F)F)C1. The van der Waals surface area contributed by atoms with Crippen LogP contribution in [0.2, 0.25) is 0 Å². The van der Waals surface area contributed by atoms with Crippen molar-refractivity contribution in [1.29, 1.82) is 0 Å². The minimum Gasteiger partial charge on any atom is -0.393 e. The van der Waals surface area contributed by atoms with E-state index in [0.717, 1.165) is 32.1 Å². The molecule has 2 fully saturated rings. The van der Waals surface area contributed by atoms with Crippen molar-refractivity contribution < 1.29 is 18.3 Å². The molecule has 0 radical (unpaired) electrons. The summed E-state index contributed by atoms with van der Waals surface area (Å²) < 4.78 is 38.4. The molecule has 0 spiro atoms. The lowest BCUT2D eigenvalue weighted by molar-refractivity contribution is -0.190. The van der Waals surface area contributed by atoms with Gasteiger partial charge in [0.25, 0.3) is 0 Å². The summed E-state index contributed by atoms with van der Waals surface area (Å²) in [6, 6.07) is 0. The smallest absolute Gasteiger partial charge is 0.391 e. The standard InChI is InChI=1S/C15H25F3O/c16-15(17,18)13-9-5-8-12(10-13)14(19)11-6-3-1-2-4-7-11/h11-14,19H,1-10H2. The van der Waals surface area contributed by atoms with Crippen LogP contribution in [0.4, 0.5) is 13.2 Å². The number of hydrogen-bond donors (Lipinski definition) is 1. The summed E-state index contributed by atoms with van der Waals surface area (Å²) in [4.78, 5) is 0. The Balaban J connectivity index is 1.92. The van der Waals surface area contributed by atoms with Gasteiger partial charge in [-0.05, 0) is 43.9 Å². The first-order valence-electron chi connectivity index (χ1n) is 7.73. The molecule has 0 aromatic rings. The molecule has 0 amide bonds. The lowest BCUT2D eigenvalue weighted by Gasteiger charge is -2.36. The predicted octanol–water partition coefficient (Wildman–Crippen LogP) is 4.69. The van der Waals surface area contributed by atoms with Crippen LogP contribution in [-0.2, 0) is 0 Å². The van der Waals surface area contributed by atoms with Crippen LogP contribution >= 0.6 is 0 Å². The van der Waals surface area contributed by atoms with Crippen LogP contribution in [-0.4, -0.2) is 17.4 Å². The van der Waals surface area contributed by atoms with E-state index in [9.17, 15) is 18.3 Å². The van der Waals surface area contributed by atoms with Gasteiger partial charge in [0.2, 0.25) is 0 Å². The van der Waals surface area contributed by atoms with Gasteiger partial charge in [-0.1, -0.05) is 32.1 Å². The van der Waals surface area contributed by atoms with Crippen LogP contribution in [0.3, 0.4) is 0 Å². The van der Waals surface area contributed by atoms with Gasteiger partial charge >= 0.3 is 6.18 Å². The maximum atomic E-state index is 12.8. The highest BCUT2D eigenvalue weighted by Crippen LogP contribution is 2.43. The molecule has 2 aliphatic rings. The van der Waals surface area contributed by atoms with E-state index in [-0.39, 0.29) is 24.7 Å². The third-order valence-electron chi connectivity index (χ3n) is 5.04. The number of aliphatic hydroxyl groups excluding tert-OH is 1. The number of hydrogen-bond acceptors (Lipinski definition) is 1. The average molecular weight is 278 g/mol. The summed E-state index contributed by atoms with van der Waals surface area (Å²) in [7, 11) is 0. The first-order chi connectivity index (χ1) is 8.98. The molecule has 0 aliphatic heterocycles. The molecule has 0 bridgehead atoms. The Hall–Kier alpha value is -0.250.